The Morgan fingerprint density at radius 2 is 0.783 bits per heavy atom. The fourth-order valence-corrected chi connectivity index (χ4v) is 74.8. The fourth-order valence-electron chi connectivity index (χ4n) is 6.86. The Labute approximate surface area is 158 Å². The van der Waals surface area contributed by atoms with Crippen molar-refractivity contribution in [3.8, 4) is 0 Å². The molecule has 137 valence electrons. The molecule has 0 aromatic heterocycles. The molecule has 23 heavy (non-hydrogen) atoms. The van der Waals surface area contributed by atoms with Crippen LogP contribution in [0.5, 0.6) is 0 Å². The molecular weight excluding hydrogens is 428 g/mol. The van der Waals surface area contributed by atoms with E-state index in [0.717, 1.165) is 0 Å². The van der Waals surface area contributed by atoms with Crippen LogP contribution in [0, 0.1) is 0 Å². The van der Waals surface area contributed by atoms with Crippen LogP contribution in [-0.4, -0.2) is 59.4 Å². The van der Waals surface area contributed by atoms with Gasteiger partial charge in [-0.25, -0.2) is 0 Å². The van der Waals surface area contributed by atoms with Crippen molar-refractivity contribution in [2.75, 3.05) is 0 Å². The molecular formula is C16H41OSeSi5. The molecule has 0 bridgehead atoms. The van der Waals surface area contributed by atoms with Gasteiger partial charge in [-0.15, -0.1) is 0 Å². The molecule has 0 aliphatic carbocycles. The van der Waals surface area contributed by atoms with Crippen LogP contribution in [0.25, 0.3) is 0 Å². The molecule has 7 heteroatoms. The first-order chi connectivity index (χ1) is 9.71. The third-order valence-electron chi connectivity index (χ3n) is 7.15. The van der Waals surface area contributed by atoms with E-state index in [2.05, 4.69) is 93.9 Å². The van der Waals surface area contributed by atoms with Gasteiger partial charge in [-0.2, -0.15) is 0 Å². The Bertz CT molecular complexity index is 393. The molecule has 1 saturated heterocycles. The van der Waals surface area contributed by atoms with E-state index in [1.807, 2.05) is 0 Å². The topological polar surface area (TPSA) is 20.2 Å². The minimum absolute atomic E-state index is 0.299. The first kappa shape index (κ1) is 22.6. The summed E-state index contributed by atoms with van der Waals surface area (Å²) in [7, 11) is -6.02. The third kappa shape index (κ3) is 2.80. The molecule has 1 aliphatic heterocycles. The van der Waals surface area contributed by atoms with Crippen LogP contribution >= 0.6 is 0 Å². The minimum atomic E-state index is -2.52. The van der Waals surface area contributed by atoms with Crippen molar-refractivity contribution >= 4 is 54.6 Å². The Morgan fingerprint density at radius 1 is 0.609 bits per heavy atom. The summed E-state index contributed by atoms with van der Waals surface area (Å²) in [5.41, 5.74) is 0. The van der Waals surface area contributed by atoms with Crippen molar-refractivity contribution in [2.45, 2.75) is 100.0 Å². The zero-order valence-electron chi connectivity index (χ0n) is 17.8. The van der Waals surface area contributed by atoms with Gasteiger partial charge in [-0.1, -0.05) is 0 Å². The summed E-state index contributed by atoms with van der Waals surface area (Å²) < 4.78 is 0.598. The molecule has 1 N–H and O–H groups in total. The predicted octanol–water partition coefficient (Wildman–Crippen LogP) is 5.37. The van der Waals surface area contributed by atoms with E-state index >= 15 is 0 Å². The van der Waals surface area contributed by atoms with Gasteiger partial charge in [0.15, 0.2) is 0 Å². The average Bonchev–Trinajstić information content (AvgIpc) is 2.42. The summed E-state index contributed by atoms with van der Waals surface area (Å²) in [4.78, 5) is 12.6. The van der Waals surface area contributed by atoms with Crippen molar-refractivity contribution in [2.24, 2.45) is 0 Å². The molecule has 0 unspecified atom stereocenters. The van der Waals surface area contributed by atoms with E-state index in [9.17, 15) is 4.80 Å². The van der Waals surface area contributed by atoms with Gasteiger partial charge in [0.1, 0.15) is 0 Å². The Balaban J connectivity index is 3.88. The van der Waals surface area contributed by atoms with Gasteiger partial charge in [0.2, 0.25) is 0 Å². The molecule has 1 fully saturated rings. The zero-order valence-corrected chi connectivity index (χ0v) is 24.5. The third-order valence-corrected chi connectivity index (χ3v) is 52.8. The molecule has 1 nitrogen and oxygen atoms in total. The SMILES string of the molecule is C[Si](C)(C)C1([Si](C)(C)C)CCC([Si](C)(C)C)([Si](C)(C)C)[Si]1(O)[Se]. The Hall–Kier alpha value is 1.56. The molecule has 0 spiro atoms. The van der Waals surface area contributed by atoms with Crippen LogP contribution in [0.1, 0.15) is 12.8 Å². The van der Waals surface area contributed by atoms with Crippen molar-refractivity contribution in [3.63, 3.8) is 0 Å². The fraction of sp³-hybridized carbons (Fsp3) is 1.00. The van der Waals surface area contributed by atoms with Crippen molar-refractivity contribution in [1.82, 2.24) is 0 Å². The van der Waals surface area contributed by atoms with Crippen LogP contribution in [-0.2, 0) is 0 Å². The molecule has 1 radical (unpaired) electrons. The normalized spacial score (nSPS) is 24.8. The molecule has 1 aliphatic rings. The van der Waals surface area contributed by atoms with Gasteiger partial charge in [0, 0.05) is 0 Å². The molecule has 0 amide bonds. The average molecular weight is 469 g/mol. The number of hydrogen-bond donors (Lipinski definition) is 1. The Morgan fingerprint density at radius 3 is 0.870 bits per heavy atom. The van der Waals surface area contributed by atoms with E-state index < -0.39 is 39.2 Å². The zero-order chi connectivity index (χ0) is 18.9. The second-order valence-electron chi connectivity index (χ2n) is 12.0. The standard InChI is InChI=1S/C16H41OSeSi5/c1-19(2,3)15(20(4,5)6)13-14-16(21(7,8)9,22(10,11)12)23(15,17)18/h17H,13-14H2,1-12H3. The quantitative estimate of drug-likeness (QED) is 0.550. The first-order valence-corrected chi connectivity index (χ1v) is 27.6. The summed E-state index contributed by atoms with van der Waals surface area (Å²) in [6.45, 7) is 28.0. The van der Waals surface area contributed by atoms with Crippen LogP contribution < -0.4 is 0 Å². The Kier molecular flexibility index (Phi) is 5.68. The summed E-state index contributed by atoms with van der Waals surface area (Å²) in [6.07, 6.45) is 2.62. The van der Waals surface area contributed by atoms with Crippen molar-refractivity contribution in [3.05, 3.63) is 0 Å². The summed E-state index contributed by atoms with van der Waals surface area (Å²) >= 11 is 3.66. The van der Waals surface area contributed by atoms with Gasteiger partial charge >= 0.3 is 159 Å². The van der Waals surface area contributed by atoms with Gasteiger partial charge in [-0.3, -0.25) is 0 Å². The summed E-state index contributed by atoms with van der Waals surface area (Å²) in [5.74, 6) is 0. The summed E-state index contributed by atoms with van der Waals surface area (Å²) in [6, 6.07) is 0. The number of rotatable bonds is 4. The van der Waals surface area contributed by atoms with Crippen LogP contribution in [0.3, 0.4) is 0 Å². The second-order valence-corrected chi connectivity index (χ2v) is 43.1. The monoisotopic (exact) mass is 469 g/mol. The van der Waals surface area contributed by atoms with E-state index in [0.29, 0.717) is 8.57 Å². The van der Waals surface area contributed by atoms with Gasteiger partial charge in [0.05, 0.1) is 0 Å². The van der Waals surface area contributed by atoms with E-state index in [1.54, 1.807) is 0 Å². The maximum absolute atomic E-state index is 12.6. The summed E-state index contributed by atoms with van der Waals surface area (Å²) in [5, 5.41) is 0. The van der Waals surface area contributed by atoms with Crippen molar-refractivity contribution in [1.29, 1.82) is 0 Å². The first-order valence-electron chi connectivity index (χ1n) is 9.13. The van der Waals surface area contributed by atoms with Gasteiger partial charge in [0.25, 0.3) is 0 Å². The second kappa shape index (κ2) is 5.78. The van der Waals surface area contributed by atoms with Gasteiger partial charge < -0.3 is 0 Å². The predicted molar refractivity (Wildman–Crippen MR) is 122 cm³/mol. The molecule has 0 saturated carbocycles. The number of hydrogen-bond acceptors (Lipinski definition) is 1. The van der Waals surface area contributed by atoms with Crippen molar-refractivity contribution < 1.29 is 4.80 Å². The van der Waals surface area contributed by atoms with Gasteiger partial charge in [-0.05, 0) is 0 Å². The molecule has 0 aromatic rings. The molecule has 1 heterocycles. The van der Waals surface area contributed by atoms with E-state index in [-0.39, 0.29) is 0 Å². The van der Waals surface area contributed by atoms with Crippen LogP contribution in [0.4, 0.5) is 0 Å². The van der Waals surface area contributed by atoms with E-state index in [4.69, 9.17) is 0 Å². The maximum atomic E-state index is 12.6. The van der Waals surface area contributed by atoms with E-state index in [1.165, 1.54) is 12.8 Å². The molecule has 1 rings (SSSR count). The molecule has 0 aromatic carbocycles. The molecule has 0 atom stereocenters. The van der Waals surface area contributed by atoms with Crippen LogP contribution in [0.15, 0.2) is 0 Å². The van der Waals surface area contributed by atoms with Crippen LogP contribution in [0.2, 0.25) is 87.1 Å².